The van der Waals surface area contributed by atoms with Gasteiger partial charge in [0, 0.05) is 6.54 Å². The van der Waals surface area contributed by atoms with E-state index in [2.05, 4.69) is 0 Å². The molecule has 0 aromatic heterocycles. The first-order valence-corrected chi connectivity index (χ1v) is 4.09. The van der Waals surface area contributed by atoms with Crippen molar-refractivity contribution < 1.29 is 24.6 Å². The van der Waals surface area contributed by atoms with Crippen LogP contribution in [0.4, 0.5) is 0 Å². The number of hydrogen-bond donors (Lipinski definition) is 5. The highest BCUT2D eigenvalue weighted by Crippen LogP contribution is 1.93. The van der Waals surface area contributed by atoms with Gasteiger partial charge in [0.2, 0.25) is 5.91 Å². The van der Waals surface area contributed by atoms with Crippen LogP contribution in [0.1, 0.15) is 6.42 Å². The second-order valence-electron chi connectivity index (χ2n) is 2.84. The molecule has 0 saturated heterocycles. The molecular weight excluding hydrogens is 206 g/mol. The third-order valence-electron chi connectivity index (χ3n) is 1.58. The first-order chi connectivity index (χ1) is 6.88. The molecule has 8 heteroatoms. The lowest BCUT2D eigenvalue weighted by Gasteiger charge is -2.15. The maximum Gasteiger partial charge on any atom is 0.326 e. The SMILES string of the molecule is NC[C@@H](N)C(=O)N[C@H](CC(=O)O)C(=O)O. The molecule has 2 atom stereocenters. The number of rotatable bonds is 6. The van der Waals surface area contributed by atoms with Gasteiger partial charge in [0.15, 0.2) is 0 Å². The predicted octanol–water partition coefficient (Wildman–Crippen LogP) is -2.68. The van der Waals surface area contributed by atoms with Crippen LogP contribution in [0.5, 0.6) is 0 Å². The van der Waals surface area contributed by atoms with Crippen molar-refractivity contribution in [2.24, 2.45) is 11.5 Å². The molecule has 7 N–H and O–H groups in total. The van der Waals surface area contributed by atoms with Crippen LogP contribution in [0.15, 0.2) is 0 Å². The summed E-state index contributed by atoms with van der Waals surface area (Å²) in [5.41, 5.74) is 10.3. The largest absolute Gasteiger partial charge is 0.481 e. The molecule has 0 saturated carbocycles. The van der Waals surface area contributed by atoms with Crippen molar-refractivity contribution in [1.29, 1.82) is 0 Å². The number of aliphatic carboxylic acids is 2. The average Bonchev–Trinajstić information content (AvgIpc) is 2.14. The van der Waals surface area contributed by atoms with E-state index in [1.165, 1.54) is 0 Å². The molecule has 8 nitrogen and oxygen atoms in total. The maximum atomic E-state index is 11.1. The van der Waals surface area contributed by atoms with E-state index in [4.69, 9.17) is 21.7 Å². The molecule has 0 heterocycles. The first kappa shape index (κ1) is 13.3. The molecular formula is C7H13N3O5. The first-order valence-electron chi connectivity index (χ1n) is 4.09. The summed E-state index contributed by atoms with van der Waals surface area (Å²) < 4.78 is 0. The summed E-state index contributed by atoms with van der Waals surface area (Å²) in [6, 6.07) is -2.53. The lowest BCUT2D eigenvalue weighted by atomic mass is 10.2. The second kappa shape index (κ2) is 5.94. The zero-order valence-corrected chi connectivity index (χ0v) is 7.84. The fourth-order valence-electron chi connectivity index (χ4n) is 0.760. The number of amides is 1. The highest BCUT2D eigenvalue weighted by Gasteiger charge is 2.24. The Morgan fingerprint density at radius 2 is 1.80 bits per heavy atom. The van der Waals surface area contributed by atoms with Crippen LogP contribution in [0.25, 0.3) is 0 Å². The molecule has 86 valence electrons. The Balaban J connectivity index is 4.35. The van der Waals surface area contributed by atoms with Crippen molar-refractivity contribution in [3.8, 4) is 0 Å². The van der Waals surface area contributed by atoms with Gasteiger partial charge in [-0.25, -0.2) is 4.79 Å². The molecule has 1 amide bonds. The Labute approximate surface area is 85.2 Å². The quantitative estimate of drug-likeness (QED) is 0.325. The van der Waals surface area contributed by atoms with Gasteiger partial charge in [0.05, 0.1) is 12.5 Å². The zero-order chi connectivity index (χ0) is 12.0. The van der Waals surface area contributed by atoms with E-state index in [9.17, 15) is 14.4 Å². The van der Waals surface area contributed by atoms with E-state index in [0.29, 0.717) is 0 Å². The molecule has 0 bridgehead atoms. The fourth-order valence-corrected chi connectivity index (χ4v) is 0.760. The topological polar surface area (TPSA) is 156 Å². The Morgan fingerprint density at radius 1 is 1.27 bits per heavy atom. The van der Waals surface area contributed by atoms with Gasteiger partial charge in [0.1, 0.15) is 6.04 Å². The summed E-state index contributed by atoms with van der Waals surface area (Å²) in [4.78, 5) is 31.9. The summed E-state index contributed by atoms with van der Waals surface area (Å²) in [7, 11) is 0. The summed E-state index contributed by atoms with van der Waals surface area (Å²) in [5.74, 6) is -3.55. The smallest absolute Gasteiger partial charge is 0.326 e. The van der Waals surface area contributed by atoms with Crippen molar-refractivity contribution >= 4 is 17.8 Å². The van der Waals surface area contributed by atoms with E-state index in [1.807, 2.05) is 5.32 Å². The minimum atomic E-state index is -1.49. The molecule has 0 spiro atoms. The Hall–Kier alpha value is -1.67. The molecule has 0 aromatic carbocycles. The normalized spacial score (nSPS) is 14.0. The number of carboxylic acid groups (broad SMARTS) is 2. The minimum Gasteiger partial charge on any atom is -0.481 e. The predicted molar refractivity (Wildman–Crippen MR) is 48.8 cm³/mol. The van der Waals surface area contributed by atoms with Crippen molar-refractivity contribution in [1.82, 2.24) is 5.32 Å². The van der Waals surface area contributed by atoms with Gasteiger partial charge >= 0.3 is 11.9 Å². The van der Waals surface area contributed by atoms with Gasteiger partial charge in [-0.1, -0.05) is 0 Å². The van der Waals surface area contributed by atoms with Gasteiger partial charge in [-0.3, -0.25) is 9.59 Å². The van der Waals surface area contributed by atoms with Crippen LogP contribution in [0, 0.1) is 0 Å². The van der Waals surface area contributed by atoms with Crippen molar-refractivity contribution in [2.75, 3.05) is 6.54 Å². The summed E-state index contributed by atoms with van der Waals surface area (Å²) in [6.45, 7) is -0.148. The molecule has 0 aliphatic carbocycles. The summed E-state index contributed by atoms with van der Waals surface area (Å²) >= 11 is 0. The molecule has 0 aromatic rings. The van der Waals surface area contributed by atoms with E-state index >= 15 is 0 Å². The Bertz CT molecular complexity index is 267. The molecule has 0 aliphatic heterocycles. The number of carboxylic acids is 2. The van der Waals surface area contributed by atoms with Gasteiger partial charge in [-0.2, -0.15) is 0 Å². The summed E-state index contributed by atoms with van der Waals surface area (Å²) in [5, 5.41) is 18.9. The zero-order valence-electron chi connectivity index (χ0n) is 7.84. The Morgan fingerprint density at radius 3 is 2.13 bits per heavy atom. The molecule has 0 rings (SSSR count). The van der Waals surface area contributed by atoms with Gasteiger partial charge in [-0.15, -0.1) is 0 Å². The van der Waals surface area contributed by atoms with Crippen LogP contribution in [0.3, 0.4) is 0 Å². The number of hydrogen-bond acceptors (Lipinski definition) is 5. The van der Waals surface area contributed by atoms with Crippen molar-refractivity contribution in [2.45, 2.75) is 18.5 Å². The molecule has 0 radical (unpaired) electrons. The standard InChI is InChI=1S/C7H13N3O5/c8-2-3(9)6(13)10-4(7(14)15)1-5(11)12/h3-4H,1-2,8-9H2,(H,10,13)(H,11,12)(H,14,15)/t3-,4-/m1/s1. The summed E-state index contributed by atoms with van der Waals surface area (Å²) in [6.07, 6.45) is -0.710. The maximum absolute atomic E-state index is 11.1. The van der Waals surface area contributed by atoms with Crippen LogP contribution in [-0.2, 0) is 14.4 Å². The molecule has 15 heavy (non-hydrogen) atoms. The lowest BCUT2D eigenvalue weighted by molar-refractivity contribution is -0.147. The molecule has 0 fully saturated rings. The highest BCUT2D eigenvalue weighted by molar-refractivity contribution is 5.89. The number of carbonyl (C=O) groups excluding carboxylic acids is 1. The van der Waals surface area contributed by atoms with Gasteiger partial charge < -0.3 is 27.0 Å². The van der Waals surface area contributed by atoms with Crippen molar-refractivity contribution in [3.05, 3.63) is 0 Å². The second-order valence-corrected chi connectivity index (χ2v) is 2.84. The van der Waals surface area contributed by atoms with Crippen LogP contribution >= 0.6 is 0 Å². The molecule has 0 unspecified atom stereocenters. The number of nitrogens with two attached hydrogens (primary N) is 2. The van der Waals surface area contributed by atoms with E-state index in [0.717, 1.165) is 0 Å². The van der Waals surface area contributed by atoms with Gasteiger partial charge in [-0.05, 0) is 0 Å². The molecule has 0 aliphatic rings. The van der Waals surface area contributed by atoms with Crippen molar-refractivity contribution in [3.63, 3.8) is 0 Å². The van der Waals surface area contributed by atoms with Crippen LogP contribution < -0.4 is 16.8 Å². The fraction of sp³-hybridized carbons (Fsp3) is 0.571. The van der Waals surface area contributed by atoms with E-state index in [1.54, 1.807) is 0 Å². The van der Waals surface area contributed by atoms with Gasteiger partial charge in [0.25, 0.3) is 0 Å². The highest BCUT2D eigenvalue weighted by atomic mass is 16.4. The number of carbonyl (C=O) groups is 3. The lowest BCUT2D eigenvalue weighted by Crippen LogP contribution is -2.51. The monoisotopic (exact) mass is 219 g/mol. The van der Waals surface area contributed by atoms with Crippen LogP contribution in [0.2, 0.25) is 0 Å². The van der Waals surface area contributed by atoms with E-state index < -0.39 is 36.4 Å². The third-order valence-corrected chi connectivity index (χ3v) is 1.58. The average molecular weight is 219 g/mol. The van der Waals surface area contributed by atoms with Crippen LogP contribution in [-0.4, -0.2) is 46.7 Å². The van der Waals surface area contributed by atoms with E-state index in [-0.39, 0.29) is 6.54 Å². The number of nitrogens with one attached hydrogen (secondary N) is 1. The third kappa shape index (κ3) is 4.93. The minimum absolute atomic E-state index is 0.148. The Kier molecular flexibility index (Phi) is 5.27.